The van der Waals surface area contributed by atoms with E-state index in [0.717, 1.165) is 18.4 Å². The van der Waals surface area contributed by atoms with Gasteiger partial charge < -0.3 is 5.11 Å². The molecule has 3 heteroatoms. The quantitative estimate of drug-likeness (QED) is 0.692. The van der Waals surface area contributed by atoms with Gasteiger partial charge >= 0.3 is 5.97 Å². The SMILES string of the molecule is C/C(C=C1CCSCC1)=C/C(=O)O. The lowest BCUT2D eigenvalue weighted by atomic mass is 10.1. The van der Waals surface area contributed by atoms with Crippen LogP contribution in [-0.4, -0.2) is 22.6 Å². The van der Waals surface area contributed by atoms with E-state index in [9.17, 15) is 4.79 Å². The van der Waals surface area contributed by atoms with Crippen LogP contribution in [0.1, 0.15) is 19.8 Å². The van der Waals surface area contributed by atoms with Crippen molar-refractivity contribution in [3.05, 3.63) is 23.3 Å². The summed E-state index contributed by atoms with van der Waals surface area (Å²) < 4.78 is 0. The highest BCUT2D eigenvalue weighted by atomic mass is 32.2. The number of thioether (sulfide) groups is 1. The first-order chi connectivity index (χ1) is 6.18. The van der Waals surface area contributed by atoms with Gasteiger partial charge in [-0.3, -0.25) is 0 Å². The van der Waals surface area contributed by atoms with Crippen molar-refractivity contribution in [3.8, 4) is 0 Å². The number of carboxylic acids is 1. The van der Waals surface area contributed by atoms with E-state index >= 15 is 0 Å². The Balaban J connectivity index is 2.57. The van der Waals surface area contributed by atoms with Crippen molar-refractivity contribution in [1.29, 1.82) is 0 Å². The smallest absolute Gasteiger partial charge is 0.328 e. The second-order valence-corrected chi connectivity index (χ2v) is 4.37. The van der Waals surface area contributed by atoms with Crippen molar-refractivity contribution in [3.63, 3.8) is 0 Å². The standard InChI is InChI=1S/C10H14O2S/c1-8(7-10(11)12)6-9-2-4-13-5-3-9/h6-7H,2-5H2,1H3,(H,11,12)/b8-7-. The third-order valence-electron chi connectivity index (χ3n) is 1.92. The van der Waals surface area contributed by atoms with E-state index in [1.54, 1.807) is 0 Å². The molecular formula is C10H14O2S. The summed E-state index contributed by atoms with van der Waals surface area (Å²) in [5, 5.41) is 8.50. The number of aliphatic carboxylic acids is 1. The van der Waals surface area contributed by atoms with Crippen molar-refractivity contribution in [2.45, 2.75) is 19.8 Å². The summed E-state index contributed by atoms with van der Waals surface area (Å²) in [5.41, 5.74) is 2.23. The van der Waals surface area contributed by atoms with Gasteiger partial charge in [-0.05, 0) is 36.8 Å². The maximum Gasteiger partial charge on any atom is 0.328 e. The Kier molecular flexibility index (Phi) is 4.09. The summed E-state index contributed by atoms with van der Waals surface area (Å²) in [6, 6.07) is 0. The molecular weight excluding hydrogens is 184 g/mol. The van der Waals surface area contributed by atoms with Gasteiger partial charge in [0.25, 0.3) is 0 Å². The molecule has 0 aromatic carbocycles. The summed E-state index contributed by atoms with van der Waals surface area (Å²) in [6.07, 6.45) is 5.48. The van der Waals surface area contributed by atoms with Gasteiger partial charge in [0.1, 0.15) is 0 Å². The monoisotopic (exact) mass is 198 g/mol. The lowest BCUT2D eigenvalue weighted by Crippen LogP contribution is -1.98. The Bertz CT molecular complexity index is 246. The predicted molar refractivity (Wildman–Crippen MR) is 56.0 cm³/mol. The molecule has 0 spiro atoms. The van der Waals surface area contributed by atoms with Crippen molar-refractivity contribution >= 4 is 17.7 Å². The molecule has 0 aromatic rings. The average molecular weight is 198 g/mol. The van der Waals surface area contributed by atoms with Gasteiger partial charge in [0.15, 0.2) is 0 Å². The van der Waals surface area contributed by atoms with Gasteiger partial charge in [-0.1, -0.05) is 11.6 Å². The lowest BCUT2D eigenvalue weighted by Gasteiger charge is -2.13. The fraction of sp³-hybridized carbons (Fsp3) is 0.500. The molecule has 0 saturated carbocycles. The van der Waals surface area contributed by atoms with Gasteiger partial charge in [0.2, 0.25) is 0 Å². The molecule has 2 nitrogen and oxygen atoms in total. The normalized spacial score (nSPS) is 18.5. The minimum atomic E-state index is -0.862. The zero-order valence-corrected chi connectivity index (χ0v) is 8.56. The highest BCUT2D eigenvalue weighted by Gasteiger charge is 2.05. The van der Waals surface area contributed by atoms with Crippen LogP contribution in [0, 0.1) is 0 Å². The first kappa shape index (κ1) is 10.4. The number of carbonyl (C=O) groups is 1. The average Bonchev–Trinajstić information content (AvgIpc) is 2.04. The Hall–Kier alpha value is -0.700. The molecule has 0 unspecified atom stereocenters. The van der Waals surface area contributed by atoms with Gasteiger partial charge in [0, 0.05) is 6.08 Å². The van der Waals surface area contributed by atoms with E-state index < -0.39 is 5.97 Å². The van der Waals surface area contributed by atoms with Crippen LogP contribution in [0.15, 0.2) is 23.3 Å². The van der Waals surface area contributed by atoms with Crippen molar-refractivity contribution in [2.75, 3.05) is 11.5 Å². The van der Waals surface area contributed by atoms with Gasteiger partial charge in [-0.15, -0.1) is 0 Å². The van der Waals surface area contributed by atoms with E-state index in [1.165, 1.54) is 23.2 Å². The Morgan fingerprint density at radius 2 is 2.08 bits per heavy atom. The third-order valence-corrected chi connectivity index (χ3v) is 2.90. The molecule has 0 radical (unpaired) electrons. The van der Waals surface area contributed by atoms with E-state index in [0.29, 0.717) is 0 Å². The summed E-state index contributed by atoms with van der Waals surface area (Å²) in [4.78, 5) is 10.3. The van der Waals surface area contributed by atoms with E-state index in [-0.39, 0.29) is 0 Å². The maximum atomic E-state index is 10.3. The largest absolute Gasteiger partial charge is 0.478 e. The van der Waals surface area contributed by atoms with Crippen LogP contribution in [0.3, 0.4) is 0 Å². The van der Waals surface area contributed by atoms with Crippen LogP contribution in [0.4, 0.5) is 0 Å². The van der Waals surface area contributed by atoms with Crippen LogP contribution in [0.2, 0.25) is 0 Å². The van der Waals surface area contributed by atoms with Crippen LogP contribution in [0.25, 0.3) is 0 Å². The summed E-state index contributed by atoms with van der Waals surface area (Å²) >= 11 is 1.96. The molecule has 0 atom stereocenters. The second kappa shape index (κ2) is 5.12. The van der Waals surface area contributed by atoms with Gasteiger partial charge in [-0.2, -0.15) is 11.8 Å². The predicted octanol–water partition coefficient (Wildman–Crippen LogP) is 2.47. The summed E-state index contributed by atoms with van der Waals surface area (Å²) in [5.74, 6) is 1.48. The minimum Gasteiger partial charge on any atom is -0.478 e. The Morgan fingerprint density at radius 1 is 1.46 bits per heavy atom. The molecule has 1 aliphatic heterocycles. The third kappa shape index (κ3) is 4.18. The number of allylic oxidation sites excluding steroid dienone is 3. The maximum absolute atomic E-state index is 10.3. The van der Waals surface area contributed by atoms with Crippen molar-refractivity contribution in [1.82, 2.24) is 0 Å². The fourth-order valence-corrected chi connectivity index (χ4v) is 2.35. The topological polar surface area (TPSA) is 37.3 Å². The molecule has 0 bridgehead atoms. The Labute approximate surface area is 82.7 Å². The summed E-state index contributed by atoms with van der Waals surface area (Å²) in [6.45, 7) is 1.84. The molecule has 0 aromatic heterocycles. The highest BCUT2D eigenvalue weighted by Crippen LogP contribution is 2.22. The zero-order chi connectivity index (χ0) is 9.68. The second-order valence-electron chi connectivity index (χ2n) is 3.14. The van der Waals surface area contributed by atoms with Crippen LogP contribution >= 0.6 is 11.8 Å². The lowest BCUT2D eigenvalue weighted by molar-refractivity contribution is -0.131. The fourth-order valence-electron chi connectivity index (χ4n) is 1.34. The first-order valence-electron chi connectivity index (χ1n) is 4.37. The molecule has 0 aliphatic carbocycles. The summed E-state index contributed by atoms with van der Waals surface area (Å²) in [7, 11) is 0. The Morgan fingerprint density at radius 3 is 2.62 bits per heavy atom. The number of rotatable bonds is 2. The molecule has 1 heterocycles. The van der Waals surface area contributed by atoms with E-state index in [2.05, 4.69) is 0 Å². The molecule has 0 amide bonds. The molecule has 1 aliphatic rings. The first-order valence-corrected chi connectivity index (χ1v) is 5.52. The number of hydrogen-bond donors (Lipinski definition) is 1. The van der Waals surface area contributed by atoms with Crippen LogP contribution in [0.5, 0.6) is 0 Å². The highest BCUT2D eigenvalue weighted by molar-refractivity contribution is 7.99. The van der Waals surface area contributed by atoms with Crippen molar-refractivity contribution < 1.29 is 9.90 Å². The number of carboxylic acid groups (broad SMARTS) is 1. The van der Waals surface area contributed by atoms with Crippen LogP contribution in [-0.2, 0) is 4.79 Å². The molecule has 1 N–H and O–H groups in total. The van der Waals surface area contributed by atoms with Crippen molar-refractivity contribution in [2.24, 2.45) is 0 Å². The van der Waals surface area contributed by atoms with E-state index in [1.807, 2.05) is 24.8 Å². The number of hydrogen-bond acceptors (Lipinski definition) is 2. The van der Waals surface area contributed by atoms with Gasteiger partial charge in [-0.25, -0.2) is 4.79 Å². The van der Waals surface area contributed by atoms with Crippen LogP contribution < -0.4 is 0 Å². The van der Waals surface area contributed by atoms with Gasteiger partial charge in [0.05, 0.1) is 0 Å². The van der Waals surface area contributed by atoms with E-state index in [4.69, 9.17) is 5.11 Å². The molecule has 1 fully saturated rings. The molecule has 1 rings (SSSR count). The minimum absolute atomic E-state index is 0.842. The molecule has 13 heavy (non-hydrogen) atoms. The molecule has 1 saturated heterocycles. The zero-order valence-electron chi connectivity index (χ0n) is 7.75. The molecule has 72 valence electrons.